The zero-order valence-electron chi connectivity index (χ0n) is 12.3. The SMILES string of the molecule is Cc1cccc(-n2[nH]n(C)c2=O)c1OCc1ccc(Br)cc1. The van der Waals surface area contributed by atoms with Gasteiger partial charge in [-0.1, -0.05) is 40.2 Å². The van der Waals surface area contributed by atoms with E-state index in [4.69, 9.17) is 4.74 Å². The van der Waals surface area contributed by atoms with Crippen molar-refractivity contribution in [2.45, 2.75) is 13.5 Å². The third-order valence-corrected chi connectivity index (χ3v) is 3.99. The molecular formula is C16H16BrN3O2. The van der Waals surface area contributed by atoms with Crippen LogP contribution in [0, 0.1) is 6.92 Å². The molecule has 3 rings (SSSR count). The van der Waals surface area contributed by atoms with E-state index in [0.717, 1.165) is 21.3 Å². The van der Waals surface area contributed by atoms with Crippen LogP contribution >= 0.6 is 15.9 Å². The molecule has 1 N–H and O–H groups in total. The zero-order chi connectivity index (χ0) is 15.7. The van der Waals surface area contributed by atoms with Crippen molar-refractivity contribution in [2.24, 2.45) is 7.05 Å². The molecule has 0 saturated heterocycles. The molecule has 3 aromatic rings. The van der Waals surface area contributed by atoms with E-state index in [2.05, 4.69) is 21.1 Å². The van der Waals surface area contributed by atoms with Crippen molar-refractivity contribution in [1.29, 1.82) is 0 Å². The Morgan fingerprint density at radius 1 is 1.18 bits per heavy atom. The second kappa shape index (κ2) is 5.88. The van der Waals surface area contributed by atoms with Gasteiger partial charge in [0, 0.05) is 11.5 Å². The maximum Gasteiger partial charge on any atom is 0.364 e. The summed E-state index contributed by atoms with van der Waals surface area (Å²) in [5, 5.41) is 2.91. The lowest BCUT2D eigenvalue weighted by Gasteiger charge is -2.18. The lowest BCUT2D eigenvalue weighted by atomic mass is 10.2. The topological polar surface area (TPSA) is 52.0 Å². The lowest BCUT2D eigenvalue weighted by Crippen LogP contribution is -2.40. The molecule has 0 atom stereocenters. The molecule has 0 fully saturated rings. The quantitative estimate of drug-likeness (QED) is 0.775. The van der Waals surface area contributed by atoms with Gasteiger partial charge in [0.25, 0.3) is 0 Å². The Bertz CT molecular complexity index is 843. The predicted molar refractivity (Wildman–Crippen MR) is 88.6 cm³/mol. The first kappa shape index (κ1) is 14.7. The third kappa shape index (κ3) is 2.74. The number of nitrogens with one attached hydrogen (secondary N) is 1. The summed E-state index contributed by atoms with van der Waals surface area (Å²) in [5.41, 5.74) is 2.66. The second-order valence-electron chi connectivity index (χ2n) is 5.12. The minimum atomic E-state index is -0.112. The molecule has 6 heteroatoms. The molecule has 1 heterocycles. The van der Waals surface area contributed by atoms with Gasteiger partial charge in [0.1, 0.15) is 18.0 Å². The first-order valence-corrected chi connectivity index (χ1v) is 7.66. The van der Waals surface area contributed by atoms with Gasteiger partial charge in [-0.15, -0.1) is 0 Å². The number of hydrogen-bond acceptors (Lipinski definition) is 2. The number of hydrogen-bond donors (Lipinski definition) is 1. The normalized spacial score (nSPS) is 10.9. The van der Waals surface area contributed by atoms with E-state index >= 15 is 0 Å². The van der Waals surface area contributed by atoms with E-state index in [1.165, 1.54) is 9.36 Å². The van der Waals surface area contributed by atoms with Crippen molar-refractivity contribution < 1.29 is 4.74 Å². The highest BCUT2D eigenvalue weighted by Gasteiger charge is 2.14. The van der Waals surface area contributed by atoms with Gasteiger partial charge in [0.2, 0.25) is 0 Å². The summed E-state index contributed by atoms with van der Waals surface area (Å²) in [7, 11) is 1.68. The lowest BCUT2D eigenvalue weighted by molar-refractivity contribution is 0.299. The Kier molecular flexibility index (Phi) is 3.94. The average Bonchev–Trinajstić information content (AvgIpc) is 2.52. The van der Waals surface area contributed by atoms with Crippen LogP contribution in [0.25, 0.3) is 5.69 Å². The van der Waals surface area contributed by atoms with Crippen molar-refractivity contribution in [3.63, 3.8) is 0 Å². The van der Waals surface area contributed by atoms with E-state index < -0.39 is 0 Å². The standard InChI is InChI=1S/C16H16BrN3O2/c1-11-4-3-5-14(20-16(21)19(2)18-20)15(11)22-10-12-6-8-13(17)9-7-12/h3-9,18H,10H2,1-2H3. The monoisotopic (exact) mass is 361 g/mol. The Balaban J connectivity index is 1.89. The Labute approximate surface area is 136 Å². The van der Waals surface area contributed by atoms with Gasteiger partial charge in [-0.3, -0.25) is 0 Å². The first-order chi connectivity index (χ1) is 10.6. The first-order valence-electron chi connectivity index (χ1n) is 6.87. The number of ether oxygens (including phenoxy) is 1. The maximum absolute atomic E-state index is 11.9. The van der Waals surface area contributed by atoms with Gasteiger partial charge < -0.3 is 4.74 Å². The molecule has 0 amide bonds. The number of aromatic amines is 1. The van der Waals surface area contributed by atoms with Crippen LogP contribution in [0.3, 0.4) is 0 Å². The van der Waals surface area contributed by atoms with Crippen LogP contribution in [-0.2, 0) is 13.7 Å². The highest BCUT2D eigenvalue weighted by atomic mass is 79.9. The summed E-state index contributed by atoms with van der Waals surface area (Å²) in [4.78, 5) is 11.9. The fourth-order valence-electron chi connectivity index (χ4n) is 2.23. The van der Waals surface area contributed by atoms with Gasteiger partial charge in [-0.25, -0.2) is 14.7 Å². The number of para-hydroxylation sites is 1. The minimum Gasteiger partial charge on any atom is -0.486 e. The summed E-state index contributed by atoms with van der Waals surface area (Å²) < 4.78 is 9.89. The van der Waals surface area contributed by atoms with E-state index in [-0.39, 0.29) is 5.69 Å². The Hall–Kier alpha value is -2.21. The average molecular weight is 362 g/mol. The Morgan fingerprint density at radius 2 is 1.91 bits per heavy atom. The summed E-state index contributed by atoms with van der Waals surface area (Å²) >= 11 is 3.42. The van der Waals surface area contributed by atoms with E-state index in [9.17, 15) is 4.79 Å². The van der Waals surface area contributed by atoms with E-state index in [0.29, 0.717) is 12.4 Å². The molecule has 0 radical (unpaired) electrons. The molecule has 22 heavy (non-hydrogen) atoms. The van der Waals surface area contributed by atoms with Crippen molar-refractivity contribution in [3.8, 4) is 11.4 Å². The molecular weight excluding hydrogens is 346 g/mol. The van der Waals surface area contributed by atoms with Crippen molar-refractivity contribution in [1.82, 2.24) is 14.6 Å². The second-order valence-corrected chi connectivity index (χ2v) is 6.03. The number of rotatable bonds is 4. The zero-order valence-corrected chi connectivity index (χ0v) is 13.9. The molecule has 0 aliphatic carbocycles. The molecule has 0 bridgehead atoms. The summed E-state index contributed by atoms with van der Waals surface area (Å²) in [5.74, 6) is 0.708. The molecule has 114 valence electrons. The van der Waals surface area contributed by atoms with Gasteiger partial charge >= 0.3 is 5.69 Å². The van der Waals surface area contributed by atoms with E-state index in [1.807, 2.05) is 49.4 Å². The number of aryl methyl sites for hydroxylation is 2. The predicted octanol–water partition coefficient (Wildman–Crippen LogP) is 3.15. The minimum absolute atomic E-state index is 0.112. The van der Waals surface area contributed by atoms with Crippen LogP contribution in [0.2, 0.25) is 0 Å². The molecule has 1 aromatic heterocycles. The van der Waals surface area contributed by atoms with Crippen LogP contribution in [-0.4, -0.2) is 14.6 Å². The molecule has 5 nitrogen and oxygen atoms in total. The molecule has 0 unspecified atom stereocenters. The summed E-state index contributed by atoms with van der Waals surface area (Å²) in [6.45, 7) is 2.41. The van der Waals surface area contributed by atoms with Crippen molar-refractivity contribution >= 4 is 15.9 Å². The molecule has 0 spiro atoms. The largest absolute Gasteiger partial charge is 0.486 e. The van der Waals surface area contributed by atoms with Crippen LogP contribution in [0.5, 0.6) is 5.75 Å². The van der Waals surface area contributed by atoms with Crippen molar-refractivity contribution in [3.05, 3.63) is 68.5 Å². The fraction of sp³-hybridized carbons (Fsp3) is 0.188. The van der Waals surface area contributed by atoms with Crippen LogP contribution in [0.1, 0.15) is 11.1 Å². The molecule has 0 aliphatic heterocycles. The number of benzene rings is 2. The highest BCUT2D eigenvalue weighted by Crippen LogP contribution is 2.27. The highest BCUT2D eigenvalue weighted by molar-refractivity contribution is 9.10. The maximum atomic E-state index is 11.9. The van der Waals surface area contributed by atoms with Crippen LogP contribution in [0.4, 0.5) is 0 Å². The van der Waals surface area contributed by atoms with Crippen molar-refractivity contribution in [2.75, 3.05) is 0 Å². The number of nitrogens with zero attached hydrogens (tertiary/aromatic N) is 2. The van der Waals surface area contributed by atoms with Gasteiger partial charge in [0.05, 0.1) is 0 Å². The Morgan fingerprint density at radius 3 is 2.55 bits per heavy atom. The summed E-state index contributed by atoms with van der Waals surface area (Å²) in [6, 6.07) is 13.7. The summed E-state index contributed by atoms with van der Waals surface area (Å²) in [6.07, 6.45) is 0. The number of H-pyrrole nitrogens is 1. The van der Waals surface area contributed by atoms with Gasteiger partial charge in [-0.2, -0.15) is 4.68 Å². The van der Waals surface area contributed by atoms with Gasteiger partial charge in [-0.05, 0) is 36.2 Å². The van der Waals surface area contributed by atoms with Gasteiger partial charge in [0.15, 0.2) is 0 Å². The smallest absolute Gasteiger partial charge is 0.364 e. The molecule has 0 aliphatic rings. The number of aromatic nitrogens is 3. The van der Waals surface area contributed by atoms with Crippen LogP contribution < -0.4 is 10.4 Å². The third-order valence-electron chi connectivity index (χ3n) is 3.46. The van der Waals surface area contributed by atoms with Crippen LogP contribution in [0.15, 0.2) is 51.7 Å². The number of halogens is 1. The molecule has 2 aromatic carbocycles. The molecule has 0 saturated carbocycles. The van der Waals surface area contributed by atoms with E-state index in [1.54, 1.807) is 7.05 Å². The fourth-order valence-corrected chi connectivity index (χ4v) is 2.50.